The number of aromatic nitrogens is 5. The van der Waals surface area contributed by atoms with E-state index in [9.17, 15) is 4.79 Å². The smallest absolute Gasteiger partial charge is 0.278 e. The van der Waals surface area contributed by atoms with E-state index in [0.717, 1.165) is 22.8 Å². The topological polar surface area (TPSA) is 77.6 Å². The normalized spacial score (nSPS) is 10.8. The van der Waals surface area contributed by atoms with Crippen molar-refractivity contribution in [1.82, 2.24) is 24.8 Å². The van der Waals surface area contributed by atoms with Crippen molar-refractivity contribution in [2.75, 3.05) is 5.32 Å². The Balaban J connectivity index is 1.65. The number of hydrogen-bond acceptors (Lipinski definition) is 4. The third-order valence-electron chi connectivity index (χ3n) is 4.37. The summed E-state index contributed by atoms with van der Waals surface area (Å²) in [6.07, 6.45) is 0. The summed E-state index contributed by atoms with van der Waals surface area (Å²) in [4.78, 5) is 14.4. The summed E-state index contributed by atoms with van der Waals surface area (Å²) in [5.74, 6) is -0.311. The van der Waals surface area contributed by atoms with Crippen molar-refractivity contribution < 1.29 is 4.79 Å². The van der Waals surface area contributed by atoms with Crippen molar-refractivity contribution in [3.63, 3.8) is 0 Å². The summed E-state index contributed by atoms with van der Waals surface area (Å²) >= 11 is 0. The molecule has 0 atom stereocenters. The van der Waals surface area contributed by atoms with Crippen molar-refractivity contribution in [3.8, 4) is 11.4 Å². The van der Waals surface area contributed by atoms with Gasteiger partial charge < -0.3 is 5.32 Å². The molecule has 0 unspecified atom stereocenters. The summed E-state index contributed by atoms with van der Waals surface area (Å²) < 4.78 is 1.82. The number of nitrogens with zero attached hydrogens (tertiary/aromatic N) is 5. The molecule has 0 radical (unpaired) electrons. The van der Waals surface area contributed by atoms with Crippen molar-refractivity contribution in [2.45, 2.75) is 20.8 Å². The zero-order chi connectivity index (χ0) is 19.7. The van der Waals surface area contributed by atoms with Gasteiger partial charge in [0.2, 0.25) is 0 Å². The van der Waals surface area contributed by atoms with E-state index in [2.05, 4.69) is 20.6 Å². The zero-order valence-electron chi connectivity index (χ0n) is 15.9. The summed E-state index contributed by atoms with van der Waals surface area (Å²) in [5.41, 5.74) is 5.01. The first-order valence-electron chi connectivity index (χ1n) is 8.96. The minimum atomic E-state index is -0.311. The molecule has 2 aromatic heterocycles. The fraction of sp³-hybridized carbons (Fsp3) is 0.143. The van der Waals surface area contributed by atoms with Crippen LogP contribution in [0.15, 0.2) is 60.7 Å². The Morgan fingerprint density at radius 2 is 1.61 bits per heavy atom. The first-order chi connectivity index (χ1) is 13.5. The number of aryl methyl sites for hydroxylation is 3. The molecule has 2 heterocycles. The molecule has 2 aromatic carbocycles. The van der Waals surface area contributed by atoms with Crippen molar-refractivity contribution in [2.24, 2.45) is 0 Å². The van der Waals surface area contributed by atoms with E-state index < -0.39 is 0 Å². The van der Waals surface area contributed by atoms with Gasteiger partial charge in [0.25, 0.3) is 5.91 Å². The Hall–Kier alpha value is -3.74. The van der Waals surface area contributed by atoms with Gasteiger partial charge >= 0.3 is 0 Å². The third kappa shape index (κ3) is 3.29. The standard InChI is InChI=1S/C21H20N6O/c1-14-13-15(2)26(23-14)19-12-8-7-11-18(19)22-21(28)20-16(3)24-27(25-20)17-9-5-4-6-10-17/h4-13H,1-3H3,(H,22,28). The molecule has 0 saturated heterocycles. The molecule has 0 aliphatic carbocycles. The van der Waals surface area contributed by atoms with E-state index >= 15 is 0 Å². The Bertz CT molecular complexity index is 1140. The van der Waals surface area contributed by atoms with Crippen LogP contribution in [0.3, 0.4) is 0 Å². The molecule has 0 spiro atoms. The number of hydrogen-bond donors (Lipinski definition) is 1. The molecular weight excluding hydrogens is 352 g/mol. The van der Waals surface area contributed by atoms with Crippen LogP contribution in [0.25, 0.3) is 11.4 Å². The number of rotatable bonds is 4. The molecule has 1 N–H and O–H groups in total. The van der Waals surface area contributed by atoms with Gasteiger partial charge in [-0.2, -0.15) is 15.0 Å². The number of carbonyl (C=O) groups is 1. The van der Waals surface area contributed by atoms with Gasteiger partial charge in [0.15, 0.2) is 5.69 Å². The number of nitrogens with one attached hydrogen (secondary N) is 1. The van der Waals surface area contributed by atoms with Crippen LogP contribution in [0.2, 0.25) is 0 Å². The maximum Gasteiger partial charge on any atom is 0.278 e. The number of anilines is 1. The lowest BCUT2D eigenvalue weighted by Gasteiger charge is -2.11. The van der Waals surface area contributed by atoms with Gasteiger partial charge in [-0.15, -0.1) is 5.10 Å². The highest BCUT2D eigenvalue weighted by molar-refractivity contribution is 6.04. The Morgan fingerprint density at radius 1 is 0.893 bits per heavy atom. The molecule has 4 aromatic rings. The van der Waals surface area contributed by atoms with Crippen molar-refractivity contribution >= 4 is 11.6 Å². The minimum Gasteiger partial charge on any atom is -0.319 e. The molecule has 0 aliphatic rings. The number of amides is 1. The van der Waals surface area contributed by atoms with E-state index in [1.807, 2.05) is 79.2 Å². The van der Waals surface area contributed by atoms with Gasteiger partial charge in [-0.3, -0.25) is 4.79 Å². The van der Waals surface area contributed by atoms with E-state index in [1.54, 1.807) is 6.92 Å². The highest BCUT2D eigenvalue weighted by Gasteiger charge is 2.18. The first kappa shape index (κ1) is 17.7. The van der Waals surface area contributed by atoms with Gasteiger partial charge in [0, 0.05) is 5.69 Å². The number of carbonyl (C=O) groups excluding carboxylic acids is 1. The molecule has 0 bridgehead atoms. The largest absolute Gasteiger partial charge is 0.319 e. The second kappa shape index (κ2) is 7.11. The van der Waals surface area contributed by atoms with E-state index in [0.29, 0.717) is 11.4 Å². The maximum absolute atomic E-state index is 12.9. The van der Waals surface area contributed by atoms with Crippen LogP contribution in [-0.4, -0.2) is 30.7 Å². The van der Waals surface area contributed by atoms with Crippen molar-refractivity contribution in [3.05, 3.63) is 83.4 Å². The molecule has 0 aliphatic heterocycles. The predicted molar refractivity (Wildman–Crippen MR) is 107 cm³/mol. The van der Waals surface area contributed by atoms with Crippen LogP contribution in [-0.2, 0) is 0 Å². The van der Waals surface area contributed by atoms with E-state index in [-0.39, 0.29) is 11.6 Å². The van der Waals surface area contributed by atoms with Gasteiger partial charge in [0.05, 0.1) is 28.5 Å². The van der Waals surface area contributed by atoms with Crippen LogP contribution >= 0.6 is 0 Å². The molecular formula is C21H20N6O. The predicted octanol–water partition coefficient (Wildman–Crippen LogP) is 3.63. The third-order valence-corrected chi connectivity index (χ3v) is 4.37. The first-order valence-corrected chi connectivity index (χ1v) is 8.96. The molecule has 7 heteroatoms. The fourth-order valence-electron chi connectivity index (χ4n) is 3.08. The second-order valence-corrected chi connectivity index (χ2v) is 6.57. The monoisotopic (exact) mass is 372 g/mol. The quantitative estimate of drug-likeness (QED) is 0.593. The van der Waals surface area contributed by atoms with Crippen LogP contribution in [0.4, 0.5) is 5.69 Å². The zero-order valence-corrected chi connectivity index (χ0v) is 15.9. The highest BCUT2D eigenvalue weighted by atomic mass is 16.2. The van der Waals surface area contributed by atoms with Crippen LogP contribution in [0.1, 0.15) is 27.6 Å². The Morgan fingerprint density at radius 3 is 2.32 bits per heavy atom. The van der Waals surface area contributed by atoms with Gasteiger partial charge in [0.1, 0.15) is 0 Å². The maximum atomic E-state index is 12.9. The molecule has 0 saturated carbocycles. The Labute approximate surface area is 162 Å². The number of para-hydroxylation sites is 3. The van der Waals surface area contributed by atoms with Crippen LogP contribution < -0.4 is 5.32 Å². The van der Waals surface area contributed by atoms with Crippen LogP contribution in [0.5, 0.6) is 0 Å². The molecule has 4 rings (SSSR count). The van der Waals surface area contributed by atoms with Gasteiger partial charge in [-0.05, 0) is 51.1 Å². The molecule has 28 heavy (non-hydrogen) atoms. The fourth-order valence-corrected chi connectivity index (χ4v) is 3.08. The minimum absolute atomic E-state index is 0.284. The summed E-state index contributed by atoms with van der Waals surface area (Å²) in [6, 6.07) is 19.0. The summed E-state index contributed by atoms with van der Waals surface area (Å²) in [5, 5.41) is 16.2. The molecule has 1 amide bonds. The summed E-state index contributed by atoms with van der Waals surface area (Å²) in [6.45, 7) is 5.69. The molecule has 140 valence electrons. The van der Waals surface area contributed by atoms with E-state index in [1.165, 1.54) is 4.80 Å². The lowest BCUT2D eigenvalue weighted by atomic mass is 10.2. The van der Waals surface area contributed by atoms with Crippen LogP contribution in [0, 0.1) is 20.8 Å². The average Bonchev–Trinajstić information content (AvgIpc) is 3.24. The van der Waals surface area contributed by atoms with Crippen molar-refractivity contribution in [1.29, 1.82) is 0 Å². The second-order valence-electron chi connectivity index (χ2n) is 6.57. The highest BCUT2D eigenvalue weighted by Crippen LogP contribution is 2.22. The van der Waals surface area contributed by atoms with E-state index in [4.69, 9.17) is 0 Å². The molecule has 7 nitrogen and oxygen atoms in total. The van der Waals surface area contributed by atoms with Gasteiger partial charge in [-0.25, -0.2) is 4.68 Å². The lowest BCUT2D eigenvalue weighted by molar-refractivity contribution is 0.102. The Kier molecular flexibility index (Phi) is 4.49. The molecule has 0 fully saturated rings. The lowest BCUT2D eigenvalue weighted by Crippen LogP contribution is -2.16. The summed E-state index contributed by atoms with van der Waals surface area (Å²) in [7, 11) is 0. The van der Waals surface area contributed by atoms with Gasteiger partial charge in [-0.1, -0.05) is 30.3 Å². The number of benzene rings is 2. The average molecular weight is 372 g/mol. The SMILES string of the molecule is Cc1cc(C)n(-c2ccccc2NC(=O)c2nn(-c3ccccc3)nc2C)n1.